The molecule has 2 heterocycles. The molecule has 1 aliphatic heterocycles. The zero-order valence-corrected chi connectivity index (χ0v) is 24.9. The number of amides is 1. The molecular weight excluding hydrogens is 564 g/mol. The van der Waals surface area contributed by atoms with Gasteiger partial charge in [-0.2, -0.15) is 4.98 Å². The molecule has 42 heavy (non-hydrogen) atoms. The SMILES string of the molecule is Cc1cccc(C)c1-c1cc2nc(n1)NS(=O)(=O)c1cccc(c1)C(=O)N(CCN(C)C1CCC(F)(F)CC1)C(C)O2. The van der Waals surface area contributed by atoms with Crippen LogP contribution in [0.3, 0.4) is 0 Å². The molecule has 1 unspecified atom stereocenters. The van der Waals surface area contributed by atoms with E-state index in [4.69, 9.17) is 4.74 Å². The van der Waals surface area contributed by atoms with Crippen molar-refractivity contribution in [2.45, 2.75) is 69.5 Å². The Bertz CT molecular complexity index is 1570. The van der Waals surface area contributed by atoms with E-state index in [1.807, 2.05) is 44.0 Å². The van der Waals surface area contributed by atoms with Crippen LogP contribution in [0, 0.1) is 13.8 Å². The Labute approximate surface area is 245 Å². The van der Waals surface area contributed by atoms with Gasteiger partial charge in [-0.3, -0.25) is 4.79 Å². The van der Waals surface area contributed by atoms with Crippen LogP contribution in [-0.2, 0) is 10.0 Å². The number of alkyl halides is 2. The van der Waals surface area contributed by atoms with Crippen LogP contribution >= 0.6 is 0 Å². The van der Waals surface area contributed by atoms with Crippen molar-refractivity contribution in [2.75, 3.05) is 24.9 Å². The molecule has 3 aromatic rings. The molecule has 0 radical (unpaired) electrons. The monoisotopic (exact) mass is 599 g/mol. The van der Waals surface area contributed by atoms with Gasteiger partial charge in [0.15, 0.2) is 6.23 Å². The van der Waals surface area contributed by atoms with Gasteiger partial charge >= 0.3 is 0 Å². The molecule has 1 aliphatic carbocycles. The van der Waals surface area contributed by atoms with E-state index in [1.165, 1.54) is 23.1 Å². The minimum absolute atomic E-state index is 0.0210. The maximum Gasteiger partial charge on any atom is 0.264 e. The average Bonchev–Trinajstić information content (AvgIpc) is 2.92. The second-order valence-electron chi connectivity index (χ2n) is 11.1. The van der Waals surface area contributed by atoms with Gasteiger partial charge in [0, 0.05) is 49.2 Å². The summed E-state index contributed by atoms with van der Waals surface area (Å²) in [5, 5.41) is 0. The lowest BCUT2D eigenvalue weighted by Gasteiger charge is -2.36. The van der Waals surface area contributed by atoms with Crippen LogP contribution in [-0.4, -0.2) is 72.4 Å². The molecule has 224 valence electrons. The molecule has 1 amide bonds. The van der Waals surface area contributed by atoms with E-state index in [0.717, 1.165) is 16.7 Å². The number of likely N-dealkylation sites (N-methyl/N-ethyl adjacent to an activating group) is 1. The third kappa shape index (κ3) is 6.39. The first-order chi connectivity index (χ1) is 19.8. The molecule has 5 rings (SSSR count). The quantitative estimate of drug-likeness (QED) is 0.427. The number of benzene rings is 2. The van der Waals surface area contributed by atoms with Crippen LogP contribution in [0.2, 0.25) is 0 Å². The highest BCUT2D eigenvalue weighted by Gasteiger charge is 2.36. The lowest BCUT2D eigenvalue weighted by molar-refractivity contribution is -0.0522. The highest BCUT2D eigenvalue weighted by molar-refractivity contribution is 7.92. The van der Waals surface area contributed by atoms with Gasteiger partial charge < -0.3 is 14.5 Å². The molecule has 4 bridgehead atoms. The number of aryl methyl sites for hydroxylation is 2. The standard InChI is InChI=1S/C30H35F2N5O4S/c1-19-7-5-8-20(2)27(19)25-18-26-34-29(33-25)35-42(39,40)24-10-6-9-22(17-24)28(38)37(21(3)41-26)16-15-36(4)23-11-13-30(31,32)14-12-23/h5-10,17-18,21,23H,11-16H2,1-4H3,(H,33,34,35). The van der Waals surface area contributed by atoms with Gasteiger partial charge in [0.2, 0.25) is 17.8 Å². The smallest absolute Gasteiger partial charge is 0.264 e. The molecule has 0 saturated heterocycles. The van der Waals surface area contributed by atoms with Crippen molar-refractivity contribution in [3.05, 3.63) is 65.2 Å². The number of sulfonamides is 1. The van der Waals surface area contributed by atoms with E-state index in [-0.39, 0.29) is 47.7 Å². The number of aromatic nitrogens is 2. The number of anilines is 1. The van der Waals surface area contributed by atoms with Crippen LogP contribution in [0.1, 0.15) is 54.1 Å². The number of fused-ring (bicyclic) bond motifs is 4. The van der Waals surface area contributed by atoms with E-state index in [0.29, 0.717) is 25.1 Å². The number of nitrogens with zero attached hydrogens (tertiary/aromatic N) is 4. The fourth-order valence-corrected chi connectivity index (χ4v) is 6.61. The van der Waals surface area contributed by atoms with Gasteiger partial charge in [0.05, 0.1) is 10.6 Å². The summed E-state index contributed by atoms with van der Waals surface area (Å²) in [4.78, 5) is 26.1. The molecule has 2 aromatic carbocycles. The first-order valence-corrected chi connectivity index (χ1v) is 15.5. The Morgan fingerprint density at radius 2 is 1.74 bits per heavy atom. The van der Waals surface area contributed by atoms with E-state index in [9.17, 15) is 22.0 Å². The van der Waals surface area contributed by atoms with Gasteiger partial charge in [-0.05, 0) is 70.0 Å². The van der Waals surface area contributed by atoms with E-state index in [1.54, 1.807) is 19.1 Å². The second kappa shape index (κ2) is 11.6. The molecule has 0 spiro atoms. The highest BCUT2D eigenvalue weighted by Crippen LogP contribution is 2.35. The maximum absolute atomic E-state index is 13.8. The minimum Gasteiger partial charge on any atom is -0.454 e. The second-order valence-corrected chi connectivity index (χ2v) is 12.8. The van der Waals surface area contributed by atoms with Crippen molar-refractivity contribution in [2.24, 2.45) is 0 Å². The third-order valence-corrected chi connectivity index (χ3v) is 9.38. The predicted molar refractivity (Wildman–Crippen MR) is 155 cm³/mol. The fourth-order valence-electron chi connectivity index (χ4n) is 5.62. The van der Waals surface area contributed by atoms with Crippen LogP contribution < -0.4 is 9.46 Å². The molecule has 12 heteroatoms. The Morgan fingerprint density at radius 3 is 2.43 bits per heavy atom. The van der Waals surface area contributed by atoms with Crippen molar-refractivity contribution in [1.82, 2.24) is 19.8 Å². The molecule has 1 saturated carbocycles. The Hall–Kier alpha value is -3.64. The van der Waals surface area contributed by atoms with Crippen LogP contribution in [0.15, 0.2) is 53.4 Å². The van der Waals surface area contributed by atoms with Crippen molar-refractivity contribution in [3.63, 3.8) is 0 Å². The van der Waals surface area contributed by atoms with Gasteiger partial charge in [-0.15, -0.1) is 0 Å². The number of halogens is 2. The van der Waals surface area contributed by atoms with Crippen LogP contribution in [0.25, 0.3) is 11.3 Å². The van der Waals surface area contributed by atoms with Gasteiger partial charge in [-0.1, -0.05) is 24.3 Å². The first kappa shape index (κ1) is 29.8. The lowest BCUT2D eigenvalue weighted by atomic mass is 9.91. The fraction of sp³-hybridized carbons (Fsp3) is 0.433. The van der Waals surface area contributed by atoms with Crippen LogP contribution in [0.5, 0.6) is 5.88 Å². The molecular formula is C30H35F2N5O4S. The zero-order valence-electron chi connectivity index (χ0n) is 24.1. The number of carbonyl (C=O) groups is 1. The molecule has 1 fully saturated rings. The summed E-state index contributed by atoms with van der Waals surface area (Å²) in [6.45, 7) is 6.23. The summed E-state index contributed by atoms with van der Waals surface area (Å²) < 4.78 is 62.8. The average molecular weight is 600 g/mol. The number of ether oxygens (including phenoxy) is 1. The van der Waals surface area contributed by atoms with E-state index in [2.05, 4.69) is 14.7 Å². The molecule has 1 N–H and O–H groups in total. The van der Waals surface area contributed by atoms with E-state index < -0.39 is 28.1 Å². The van der Waals surface area contributed by atoms with Crippen molar-refractivity contribution < 1.29 is 26.7 Å². The summed E-state index contributed by atoms with van der Waals surface area (Å²) in [7, 11) is -2.27. The van der Waals surface area contributed by atoms with Crippen molar-refractivity contribution in [1.29, 1.82) is 0 Å². The number of nitrogens with one attached hydrogen (secondary N) is 1. The Balaban J connectivity index is 1.51. The summed E-state index contributed by atoms with van der Waals surface area (Å²) in [6, 6.07) is 13.2. The minimum atomic E-state index is -4.14. The number of hydrogen-bond donors (Lipinski definition) is 1. The normalized spacial score (nSPS) is 20.3. The van der Waals surface area contributed by atoms with Crippen LogP contribution in [0.4, 0.5) is 14.7 Å². The van der Waals surface area contributed by atoms with Gasteiger partial charge in [-0.25, -0.2) is 26.9 Å². The van der Waals surface area contributed by atoms with E-state index >= 15 is 0 Å². The third-order valence-electron chi connectivity index (χ3n) is 8.05. The molecule has 1 aromatic heterocycles. The van der Waals surface area contributed by atoms with Gasteiger partial charge in [0.25, 0.3) is 15.9 Å². The molecule has 9 nitrogen and oxygen atoms in total. The number of carbonyl (C=O) groups excluding carboxylic acids is 1. The summed E-state index contributed by atoms with van der Waals surface area (Å²) >= 11 is 0. The Morgan fingerprint density at radius 1 is 1.07 bits per heavy atom. The first-order valence-electron chi connectivity index (χ1n) is 14.0. The van der Waals surface area contributed by atoms with Gasteiger partial charge in [0.1, 0.15) is 0 Å². The molecule has 2 aliphatic rings. The maximum atomic E-state index is 13.8. The predicted octanol–water partition coefficient (Wildman–Crippen LogP) is 5.25. The summed E-state index contributed by atoms with van der Waals surface area (Å²) in [5.74, 6) is -3.11. The number of hydrogen-bond acceptors (Lipinski definition) is 7. The highest BCUT2D eigenvalue weighted by atomic mass is 32.2. The van der Waals surface area contributed by atoms with Crippen molar-refractivity contribution in [3.8, 4) is 17.1 Å². The topological polar surface area (TPSA) is 105 Å². The zero-order chi connectivity index (χ0) is 30.2. The molecule has 1 atom stereocenters. The Kier molecular flexibility index (Phi) is 8.21. The lowest BCUT2D eigenvalue weighted by Crippen LogP contribution is -2.48. The summed E-state index contributed by atoms with van der Waals surface area (Å²) in [5.41, 5.74) is 3.35. The largest absolute Gasteiger partial charge is 0.454 e. The van der Waals surface area contributed by atoms with Crippen molar-refractivity contribution >= 4 is 21.9 Å². The number of rotatable bonds is 5. The summed E-state index contributed by atoms with van der Waals surface area (Å²) in [6.07, 6.45) is -0.353.